The number of rotatable bonds is 7. The standard InChI is InChI=1S/C22H26N2O5/c1-16(25)24(17-7-8-20-22(13-17)27-12-11-26-20)10-4-9-23-14-18-15-28-19-5-2-3-6-21(19)29-18/h2-3,5-8,13,18,23H,4,9-12,14-15H2,1H3. The van der Waals surface area contributed by atoms with E-state index in [1.165, 1.54) is 0 Å². The fraction of sp³-hybridized carbons (Fsp3) is 0.409. The highest BCUT2D eigenvalue weighted by Gasteiger charge is 2.20. The van der Waals surface area contributed by atoms with Crippen LogP contribution >= 0.6 is 0 Å². The highest BCUT2D eigenvalue weighted by Crippen LogP contribution is 2.34. The molecule has 2 heterocycles. The summed E-state index contributed by atoms with van der Waals surface area (Å²) in [5, 5.41) is 3.39. The molecule has 29 heavy (non-hydrogen) atoms. The van der Waals surface area contributed by atoms with E-state index in [1.807, 2.05) is 42.5 Å². The molecule has 1 unspecified atom stereocenters. The summed E-state index contributed by atoms with van der Waals surface area (Å²) in [5.41, 5.74) is 0.822. The quantitative estimate of drug-likeness (QED) is 0.723. The third-order valence-corrected chi connectivity index (χ3v) is 4.89. The lowest BCUT2D eigenvalue weighted by atomic mass is 10.2. The Morgan fingerprint density at radius 3 is 2.62 bits per heavy atom. The van der Waals surface area contributed by atoms with Crippen LogP contribution < -0.4 is 29.2 Å². The molecule has 4 rings (SSSR count). The molecule has 7 heteroatoms. The van der Waals surface area contributed by atoms with E-state index in [-0.39, 0.29) is 12.0 Å². The number of nitrogens with zero attached hydrogens (tertiary/aromatic N) is 1. The van der Waals surface area contributed by atoms with Crippen molar-refractivity contribution in [3.63, 3.8) is 0 Å². The minimum Gasteiger partial charge on any atom is -0.486 e. The van der Waals surface area contributed by atoms with Crippen LogP contribution in [0.15, 0.2) is 42.5 Å². The molecule has 0 radical (unpaired) electrons. The lowest BCUT2D eigenvalue weighted by Crippen LogP contribution is -2.39. The molecule has 0 bridgehead atoms. The van der Waals surface area contributed by atoms with Gasteiger partial charge in [0.2, 0.25) is 5.91 Å². The minimum absolute atomic E-state index is 0.00213. The zero-order chi connectivity index (χ0) is 20.1. The van der Waals surface area contributed by atoms with Crippen molar-refractivity contribution in [2.45, 2.75) is 19.4 Å². The summed E-state index contributed by atoms with van der Waals surface area (Å²) in [6, 6.07) is 13.3. The van der Waals surface area contributed by atoms with E-state index in [0.717, 1.165) is 35.9 Å². The number of amides is 1. The van der Waals surface area contributed by atoms with Crippen molar-refractivity contribution in [2.24, 2.45) is 0 Å². The molecule has 7 nitrogen and oxygen atoms in total. The molecule has 0 saturated carbocycles. The molecular formula is C22H26N2O5. The first-order valence-corrected chi connectivity index (χ1v) is 9.97. The fourth-order valence-corrected chi connectivity index (χ4v) is 3.46. The number of hydrogen-bond donors (Lipinski definition) is 1. The van der Waals surface area contributed by atoms with E-state index in [9.17, 15) is 4.79 Å². The van der Waals surface area contributed by atoms with Crippen molar-refractivity contribution in [1.82, 2.24) is 5.32 Å². The summed E-state index contributed by atoms with van der Waals surface area (Å²) in [6.07, 6.45) is 0.796. The Hall–Kier alpha value is -2.93. The molecule has 2 aromatic carbocycles. The number of fused-ring (bicyclic) bond motifs is 2. The van der Waals surface area contributed by atoms with E-state index in [0.29, 0.717) is 38.7 Å². The normalized spacial score (nSPS) is 16.9. The largest absolute Gasteiger partial charge is 0.486 e. The van der Waals surface area contributed by atoms with Gasteiger partial charge in [0.05, 0.1) is 0 Å². The average molecular weight is 398 g/mol. The maximum absolute atomic E-state index is 12.1. The van der Waals surface area contributed by atoms with Gasteiger partial charge in [0.1, 0.15) is 25.9 Å². The number of anilines is 1. The maximum Gasteiger partial charge on any atom is 0.223 e. The number of benzene rings is 2. The Labute approximate surface area is 170 Å². The monoisotopic (exact) mass is 398 g/mol. The first-order chi connectivity index (χ1) is 14.2. The average Bonchev–Trinajstić information content (AvgIpc) is 2.75. The number of nitrogens with one attached hydrogen (secondary N) is 1. The van der Waals surface area contributed by atoms with Crippen molar-refractivity contribution in [3.05, 3.63) is 42.5 Å². The Bertz CT molecular complexity index is 857. The second kappa shape index (κ2) is 9.05. The summed E-state index contributed by atoms with van der Waals surface area (Å²) in [4.78, 5) is 13.9. The first-order valence-electron chi connectivity index (χ1n) is 9.97. The molecule has 0 spiro atoms. The summed E-state index contributed by atoms with van der Waals surface area (Å²) in [6.45, 7) is 5.27. The summed E-state index contributed by atoms with van der Waals surface area (Å²) in [7, 11) is 0. The van der Waals surface area contributed by atoms with E-state index < -0.39 is 0 Å². The van der Waals surface area contributed by atoms with Crippen LogP contribution in [0.1, 0.15) is 13.3 Å². The van der Waals surface area contributed by atoms with Crippen LogP contribution in [0.5, 0.6) is 23.0 Å². The van der Waals surface area contributed by atoms with Crippen LogP contribution in [0, 0.1) is 0 Å². The molecule has 1 amide bonds. The Morgan fingerprint density at radius 2 is 1.79 bits per heavy atom. The predicted octanol–water partition coefficient (Wildman–Crippen LogP) is 2.63. The lowest BCUT2D eigenvalue weighted by molar-refractivity contribution is -0.116. The van der Waals surface area contributed by atoms with Gasteiger partial charge in [-0.2, -0.15) is 0 Å². The van der Waals surface area contributed by atoms with Gasteiger partial charge in [-0.25, -0.2) is 0 Å². The number of carbonyl (C=O) groups excluding carboxylic acids is 1. The van der Waals surface area contributed by atoms with Crippen molar-refractivity contribution in [2.75, 3.05) is 44.4 Å². The number of carbonyl (C=O) groups is 1. The fourth-order valence-electron chi connectivity index (χ4n) is 3.46. The van der Waals surface area contributed by atoms with Gasteiger partial charge in [-0.3, -0.25) is 4.79 Å². The van der Waals surface area contributed by atoms with Gasteiger partial charge in [0.25, 0.3) is 0 Å². The van der Waals surface area contributed by atoms with E-state index in [2.05, 4.69) is 5.32 Å². The van der Waals surface area contributed by atoms with Crippen LogP contribution in [0.4, 0.5) is 5.69 Å². The molecule has 2 aliphatic rings. The summed E-state index contributed by atoms with van der Waals surface area (Å²) >= 11 is 0. The number of para-hydroxylation sites is 2. The van der Waals surface area contributed by atoms with E-state index in [4.69, 9.17) is 18.9 Å². The summed E-state index contributed by atoms with van der Waals surface area (Å²) < 4.78 is 22.8. The molecule has 154 valence electrons. The van der Waals surface area contributed by atoms with Crippen LogP contribution in [0.25, 0.3) is 0 Å². The predicted molar refractivity (Wildman–Crippen MR) is 109 cm³/mol. The zero-order valence-electron chi connectivity index (χ0n) is 16.6. The van der Waals surface area contributed by atoms with Crippen molar-refractivity contribution >= 4 is 11.6 Å². The molecule has 0 saturated heterocycles. The zero-order valence-corrected chi connectivity index (χ0v) is 16.6. The van der Waals surface area contributed by atoms with Gasteiger partial charge in [-0.15, -0.1) is 0 Å². The highest BCUT2D eigenvalue weighted by atomic mass is 16.6. The van der Waals surface area contributed by atoms with Crippen LogP contribution in [-0.2, 0) is 4.79 Å². The van der Waals surface area contributed by atoms with Gasteiger partial charge in [-0.1, -0.05) is 12.1 Å². The van der Waals surface area contributed by atoms with Gasteiger partial charge in [0.15, 0.2) is 23.0 Å². The minimum atomic E-state index is -0.0217. The highest BCUT2D eigenvalue weighted by molar-refractivity contribution is 5.91. The van der Waals surface area contributed by atoms with Gasteiger partial charge >= 0.3 is 0 Å². The molecule has 1 N–H and O–H groups in total. The van der Waals surface area contributed by atoms with Crippen LogP contribution in [-0.4, -0.2) is 51.5 Å². The Morgan fingerprint density at radius 1 is 1.03 bits per heavy atom. The second-order valence-corrected chi connectivity index (χ2v) is 7.05. The van der Waals surface area contributed by atoms with Crippen molar-refractivity contribution < 1.29 is 23.7 Å². The molecule has 2 aromatic rings. The van der Waals surface area contributed by atoms with Crippen molar-refractivity contribution in [3.8, 4) is 23.0 Å². The first kappa shape index (κ1) is 19.4. The molecule has 0 fully saturated rings. The van der Waals surface area contributed by atoms with Crippen LogP contribution in [0.3, 0.4) is 0 Å². The van der Waals surface area contributed by atoms with Crippen molar-refractivity contribution in [1.29, 1.82) is 0 Å². The molecule has 0 aliphatic carbocycles. The maximum atomic E-state index is 12.1. The van der Waals surface area contributed by atoms with Gasteiger partial charge < -0.3 is 29.2 Å². The van der Waals surface area contributed by atoms with E-state index >= 15 is 0 Å². The van der Waals surface area contributed by atoms with Crippen LogP contribution in [0.2, 0.25) is 0 Å². The molecular weight excluding hydrogens is 372 g/mol. The molecule has 2 aliphatic heterocycles. The van der Waals surface area contributed by atoms with Gasteiger partial charge in [-0.05, 0) is 37.2 Å². The van der Waals surface area contributed by atoms with Gasteiger partial charge in [0, 0.05) is 31.8 Å². The molecule has 0 aromatic heterocycles. The third kappa shape index (κ3) is 4.74. The lowest BCUT2D eigenvalue weighted by Gasteiger charge is -2.27. The second-order valence-electron chi connectivity index (χ2n) is 7.05. The topological polar surface area (TPSA) is 69.3 Å². The molecule has 1 atom stereocenters. The Balaban J connectivity index is 1.24. The summed E-state index contributed by atoms with van der Waals surface area (Å²) in [5.74, 6) is 2.99. The van der Waals surface area contributed by atoms with E-state index in [1.54, 1.807) is 11.8 Å². The Kier molecular flexibility index (Phi) is 6.05. The SMILES string of the molecule is CC(=O)N(CCCNCC1COc2ccccc2O1)c1ccc2c(c1)OCCO2. The number of ether oxygens (including phenoxy) is 4. The third-order valence-electron chi connectivity index (χ3n) is 4.89. The number of hydrogen-bond acceptors (Lipinski definition) is 6. The smallest absolute Gasteiger partial charge is 0.223 e.